The number of hydrogen-bond donors (Lipinski definition) is 1. The molecule has 2 aromatic rings. The molecule has 0 bridgehead atoms. The lowest BCUT2D eigenvalue weighted by Gasteiger charge is -2.32. The van der Waals surface area contributed by atoms with Crippen LogP contribution in [-0.4, -0.2) is 49.6 Å². The third kappa shape index (κ3) is 5.17. The Hall–Kier alpha value is -2.80. The van der Waals surface area contributed by atoms with Gasteiger partial charge in [-0.2, -0.15) is 0 Å². The highest BCUT2D eigenvalue weighted by Crippen LogP contribution is 2.26. The van der Waals surface area contributed by atoms with Crippen molar-refractivity contribution in [1.29, 1.82) is 0 Å². The van der Waals surface area contributed by atoms with E-state index >= 15 is 0 Å². The molecule has 6 nitrogen and oxygen atoms in total. The molecule has 1 heterocycles. The van der Waals surface area contributed by atoms with Gasteiger partial charge in [0.25, 0.3) is 11.8 Å². The van der Waals surface area contributed by atoms with E-state index in [1.807, 2.05) is 6.07 Å². The smallest absolute Gasteiger partial charge is 0.258 e. The van der Waals surface area contributed by atoms with E-state index in [4.69, 9.17) is 21.1 Å². The number of para-hydroxylation sites is 2. The van der Waals surface area contributed by atoms with Crippen LogP contribution < -0.4 is 14.8 Å². The van der Waals surface area contributed by atoms with Crippen LogP contribution in [-0.2, 0) is 4.79 Å². The summed E-state index contributed by atoms with van der Waals surface area (Å²) < 4.78 is 24.7. The lowest BCUT2D eigenvalue weighted by atomic mass is 10.0. The second-order valence-corrected chi connectivity index (χ2v) is 7.08. The van der Waals surface area contributed by atoms with Crippen molar-refractivity contribution in [2.45, 2.75) is 18.9 Å². The molecule has 29 heavy (non-hydrogen) atoms. The van der Waals surface area contributed by atoms with E-state index in [2.05, 4.69) is 5.32 Å². The molecule has 1 saturated heterocycles. The predicted octanol–water partition coefficient (Wildman–Crippen LogP) is 3.29. The van der Waals surface area contributed by atoms with Crippen LogP contribution in [0.4, 0.5) is 4.39 Å². The van der Waals surface area contributed by atoms with Gasteiger partial charge in [0.1, 0.15) is 5.82 Å². The van der Waals surface area contributed by atoms with Crippen LogP contribution in [0, 0.1) is 5.82 Å². The molecule has 3 rings (SSSR count). The van der Waals surface area contributed by atoms with Crippen molar-refractivity contribution < 1.29 is 23.5 Å². The number of rotatable bonds is 6. The van der Waals surface area contributed by atoms with E-state index in [0.717, 1.165) is 0 Å². The van der Waals surface area contributed by atoms with E-state index in [1.165, 1.54) is 25.3 Å². The molecule has 1 aliphatic heterocycles. The predicted molar refractivity (Wildman–Crippen MR) is 107 cm³/mol. The summed E-state index contributed by atoms with van der Waals surface area (Å²) in [7, 11) is 1.53. The molecule has 1 N–H and O–H groups in total. The van der Waals surface area contributed by atoms with Crippen LogP contribution in [0.15, 0.2) is 42.5 Å². The summed E-state index contributed by atoms with van der Waals surface area (Å²) in [4.78, 5) is 26.3. The molecular formula is C21H22ClFN2O4. The number of nitrogens with zero attached hydrogens (tertiary/aromatic N) is 1. The highest BCUT2D eigenvalue weighted by Gasteiger charge is 2.27. The molecular weight excluding hydrogens is 399 g/mol. The molecule has 1 fully saturated rings. The van der Waals surface area contributed by atoms with Crippen molar-refractivity contribution >= 4 is 23.4 Å². The van der Waals surface area contributed by atoms with Crippen molar-refractivity contribution in [2.75, 3.05) is 26.8 Å². The molecule has 0 aliphatic carbocycles. The number of amides is 2. The number of carbonyl (C=O) groups excluding carboxylic acids is 2. The van der Waals surface area contributed by atoms with Crippen molar-refractivity contribution in [3.8, 4) is 11.5 Å². The molecule has 154 valence electrons. The molecule has 2 aromatic carbocycles. The van der Waals surface area contributed by atoms with E-state index in [9.17, 15) is 14.0 Å². The van der Waals surface area contributed by atoms with Gasteiger partial charge < -0.3 is 19.7 Å². The summed E-state index contributed by atoms with van der Waals surface area (Å²) in [6.45, 7) is 0.675. The van der Waals surface area contributed by atoms with Crippen molar-refractivity contribution in [3.05, 3.63) is 58.9 Å². The molecule has 0 saturated carbocycles. The fraction of sp³-hybridized carbons (Fsp3) is 0.333. The number of halogens is 2. The zero-order valence-electron chi connectivity index (χ0n) is 16.0. The fourth-order valence-corrected chi connectivity index (χ4v) is 3.48. The normalized spacial score (nSPS) is 14.4. The van der Waals surface area contributed by atoms with Crippen LogP contribution in [0.2, 0.25) is 5.02 Å². The lowest BCUT2D eigenvalue weighted by molar-refractivity contribution is -0.124. The summed E-state index contributed by atoms with van der Waals surface area (Å²) in [5.41, 5.74) is -0.109. The van der Waals surface area contributed by atoms with Crippen molar-refractivity contribution in [2.24, 2.45) is 0 Å². The van der Waals surface area contributed by atoms with Crippen LogP contribution >= 0.6 is 11.6 Å². The van der Waals surface area contributed by atoms with E-state index in [0.29, 0.717) is 37.4 Å². The Morgan fingerprint density at radius 2 is 1.83 bits per heavy atom. The van der Waals surface area contributed by atoms with Crippen LogP contribution in [0.5, 0.6) is 11.5 Å². The van der Waals surface area contributed by atoms with Gasteiger partial charge in [-0.3, -0.25) is 9.59 Å². The minimum absolute atomic E-state index is 0.0797. The Balaban J connectivity index is 1.48. The molecule has 8 heteroatoms. The third-order valence-electron chi connectivity index (χ3n) is 4.75. The molecule has 1 aliphatic rings. The highest BCUT2D eigenvalue weighted by molar-refractivity contribution is 6.33. The van der Waals surface area contributed by atoms with Gasteiger partial charge >= 0.3 is 0 Å². The van der Waals surface area contributed by atoms with Crippen molar-refractivity contribution in [3.63, 3.8) is 0 Å². The number of methoxy groups -OCH3 is 1. The first-order valence-electron chi connectivity index (χ1n) is 9.28. The van der Waals surface area contributed by atoms with Crippen LogP contribution in [0.1, 0.15) is 23.2 Å². The summed E-state index contributed by atoms with van der Waals surface area (Å²) >= 11 is 5.98. The lowest BCUT2D eigenvalue weighted by Crippen LogP contribution is -2.47. The summed E-state index contributed by atoms with van der Waals surface area (Å²) in [5.74, 6) is -0.270. The van der Waals surface area contributed by atoms with E-state index in [-0.39, 0.29) is 29.1 Å². The summed E-state index contributed by atoms with van der Waals surface area (Å²) in [6.07, 6.45) is 1.14. The fourth-order valence-electron chi connectivity index (χ4n) is 3.24. The van der Waals surface area contributed by atoms with E-state index in [1.54, 1.807) is 23.1 Å². The minimum Gasteiger partial charge on any atom is -0.493 e. The van der Waals surface area contributed by atoms with Gasteiger partial charge in [-0.1, -0.05) is 29.8 Å². The second kappa shape index (κ2) is 9.60. The number of benzene rings is 2. The standard InChI is InChI=1S/C21H22ClFN2O4/c1-28-17-7-2-3-8-18(17)29-13-19(26)24-14-9-11-25(12-10-14)21(27)20-15(22)5-4-6-16(20)23/h2-8,14H,9-13H2,1H3,(H,24,26). The zero-order chi connectivity index (χ0) is 20.8. The summed E-state index contributed by atoms with van der Waals surface area (Å²) in [6, 6.07) is 11.2. The maximum atomic E-state index is 14.0. The zero-order valence-corrected chi connectivity index (χ0v) is 16.7. The van der Waals surface area contributed by atoms with Crippen molar-refractivity contribution in [1.82, 2.24) is 10.2 Å². The largest absolute Gasteiger partial charge is 0.493 e. The molecule has 0 aromatic heterocycles. The number of hydrogen-bond acceptors (Lipinski definition) is 4. The number of likely N-dealkylation sites (tertiary alicyclic amines) is 1. The maximum Gasteiger partial charge on any atom is 0.258 e. The highest BCUT2D eigenvalue weighted by atomic mass is 35.5. The average Bonchev–Trinajstić information content (AvgIpc) is 2.72. The first-order valence-corrected chi connectivity index (χ1v) is 9.66. The Morgan fingerprint density at radius 3 is 2.48 bits per heavy atom. The Labute approximate surface area is 173 Å². The maximum absolute atomic E-state index is 14.0. The Morgan fingerprint density at radius 1 is 1.14 bits per heavy atom. The minimum atomic E-state index is -0.633. The number of nitrogens with one attached hydrogen (secondary N) is 1. The van der Waals surface area contributed by atoms with Crippen LogP contribution in [0.3, 0.4) is 0 Å². The topological polar surface area (TPSA) is 67.9 Å². The molecule has 0 radical (unpaired) electrons. The first kappa shape index (κ1) is 20.9. The number of ether oxygens (including phenoxy) is 2. The third-order valence-corrected chi connectivity index (χ3v) is 5.07. The van der Waals surface area contributed by atoms with Gasteiger partial charge in [0.2, 0.25) is 0 Å². The summed E-state index contributed by atoms with van der Waals surface area (Å²) in [5, 5.41) is 3.00. The Kier molecular flexibility index (Phi) is 6.93. The SMILES string of the molecule is COc1ccccc1OCC(=O)NC1CCN(C(=O)c2c(F)cccc2Cl)CC1. The van der Waals surface area contributed by atoms with Gasteiger partial charge in [-0.15, -0.1) is 0 Å². The van der Waals surface area contributed by atoms with Gasteiger partial charge in [0.15, 0.2) is 18.1 Å². The van der Waals surface area contributed by atoms with Gasteiger partial charge in [0, 0.05) is 19.1 Å². The molecule has 2 amide bonds. The quantitative estimate of drug-likeness (QED) is 0.778. The van der Waals surface area contributed by atoms with E-state index < -0.39 is 11.7 Å². The van der Waals surface area contributed by atoms with Gasteiger partial charge in [-0.25, -0.2) is 4.39 Å². The molecule has 0 atom stereocenters. The number of carbonyl (C=O) groups is 2. The first-order chi connectivity index (χ1) is 14.0. The Bertz CT molecular complexity index is 864. The number of piperidine rings is 1. The molecule has 0 unspecified atom stereocenters. The second-order valence-electron chi connectivity index (χ2n) is 6.67. The van der Waals surface area contributed by atoms with Gasteiger partial charge in [-0.05, 0) is 37.1 Å². The monoisotopic (exact) mass is 420 g/mol. The van der Waals surface area contributed by atoms with Gasteiger partial charge in [0.05, 0.1) is 17.7 Å². The average molecular weight is 421 g/mol. The van der Waals surface area contributed by atoms with Crippen LogP contribution in [0.25, 0.3) is 0 Å². The molecule has 0 spiro atoms.